The molecular formula is C21H21NOS2. The molecule has 1 aliphatic rings. The normalized spacial score (nSPS) is 16.6. The highest BCUT2D eigenvalue weighted by Crippen LogP contribution is 2.38. The van der Waals surface area contributed by atoms with Crippen molar-refractivity contribution >= 4 is 28.6 Å². The first-order valence-electron chi connectivity index (χ1n) is 8.76. The van der Waals surface area contributed by atoms with Gasteiger partial charge in [-0.15, -0.1) is 22.7 Å². The monoisotopic (exact) mass is 367 g/mol. The van der Waals surface area contributed by atoms with Gasteiger partial charge in [-0.2, -0.15) is 0 Å². The summed E-state index contributed by atoms with van der Waals surface area (Å²) in [7, 11) is 0. The van der Waals surface area contributed by atoms with Crippen LogP contribution in [-0.2, 0) is 17.6 Å². The van der Waals surface area contributed by atoms with Crippen LogP contribution in [0.5, 0.6) is 0 Å². The molecule has 3 aromatic rings. The number of benzene rings is 1. The van der Waals surface area contributed by atoms with E-state index in [1.54, 1.807) is 11.3 Å². The van der Waals surface area contributed by atoms with Gasteiger partial charge in [0.05, 0.1) is 6.04 Å². The minimum absolute atomic E-state index is 0.0745. The molecule has 2 aromatic heterocycles. The van der Waals surface area contributed by atoms with Crippen molar-refractivity contribution in [2.24, 2.45) is 0 Å². The van der Waals surface area contributed by atoms with E-state index in [4.69, 9.17) is 0 Å². The van der Waals surface area contributed by atoms with E-state index >= 15 is 0 Å². The number of carbonyl (C=O) groups is 1. The molecule has 0 spiro atoms. The molecule has 3 heterocycles. The summed E-state index contributed by atoms with van der Waals surface area (Å²) in [5.41, 5.74) is 2.53. The Morgan fingerprint density at radius 2 is 1.92 bits per heavy atom. The molecule has 0 fully saturated rings. The zero-order chi connectivity index (χ0) is 17.1. The van der Waals surface area contributed by atoms with Crippen LogP contribution in [0, 0.1) is 0 Å². The maximum Gasteiger partial charge on any atom is 0.223 e. The fourth-order valence-electron chi connectivity index (χ4n) is 3.59. The molecule has 128 valence electrons. The lowest BCUT2D eigenvalue weighted by molar-refractivity contribution is -0.133. The molecule has 4 rings (SSSR count). The standard InChI is InChI=1S/C21H21NOS2/c23-20(10-4-8-17-9-5-14-24-17)22-13-11-19-18(12-15-25-19)21(22)16-6-2-1-3-7-16/h1-3,5-7,9,12,14-15,21H,4,8,10-11,13H2/t21-/m0/s1. The van der Waals surface area contributed by atoms with Crippen molar-refractivity contribution in [1.82, 2.24) is 4.90 Å². The zero-order valence-electron chi connectivity index (χ0n) is 14.1. The van der Waals surface area contributed by atoms with Crippen molar-refractivity contribution in [1.29, 1.82) is 0 Å². The quantitative estimate of drug-likeness (QED) is 0.599. The van der Waals surface area contributed by atoms with Crippen molar-refractivity contribution < 1.29 is 4.79 Å². The molecule has 0 bridgehead atoms. The number of aryl methyl sites for hydroxylation is 1. The lowest BCUT2D eigenvalue weighted by Crippen LogP contribution is -2.40. The second kappa shape index (κ2) is 7.54. The van der Waals surface area contributed by atoms with E-state index in [9.17, 15) is 4.79 Å². The zero-order valence-corrected chi connectivity index (χ0v) is 15.7. The summed E-state index contributed by atoms with van der Waals surface area (Å²) < 4.78 is 0. The summed E-state index contributed by atoms with van der Waals surface area (Å²) in [4.78, 5) is 17.9. The lowest BCUT2D eigenvalue weighted by Gasteiger charge is -2.36. The molecule has 0 unspecified atom stereocenters. The van der Waals surface area contributed by atoms with Crippen LogP contribution < -0.4 is 0 Å². The van der Waals surface area contributed by atoms with Gasteiger partial charge in [-0.3, -0.25) is 4.79 Å². The molecule has 0 saturated carbocycles. The number of amides is 1. The van der Waals surface area contributed by atoms with E-state index in [1.165, 1.54) is 20.9 Å². The van der Waals surface area contributed by atoms with Gasteiger partial charge < -0.3 is 4.90 Å². The minimum Gasteiger partial charge on any atom is -0.331 e. The van der Waals surface area contributed by atoms with E-state index in [0.717, 1.165) is 25.8 Å². The molecule has 4 heteroatoms. The van der Waals surface area contributed by atoms with Crippen LogP contribution in [-0.4, -0.2) is 17.4 Å². The minimum atomic E-state index is 0.0745. The Hall–Kier alpha value is -1.91. The third-order valence-electron chi connectivity index (χ3n) is 4.80. The van der Waals surface area contributed by atoms with Crippen LogP contribution in [0.3, 0.4) is 0 Å². The van der Waals surface area contributed by atoms with E-state index in [0.29, 0.717) is 6.42 Å². The van der Waals surface area contributed by atoms with E-state index in [-0.39, 0.29) is 11.9 Å². The molecule has 1 aromatic carbocycles. The lowest BCUT2D eigenvalue weighted by atomic mass is 9.93. The first kappa shape index (κ1) is 16.6. The summed E-state index contributed by atoms with van der Waals surface area (Å²) in [5.74, 6) is 0.280. The summed E-state index contributed by atoms with van der Waals surface area (Å²) >= 11 is 3.59. The number of hydrogen-bond acceptors (Lipinski definition) is 3. The Labute approximate surface area is 156 Å². The number of fused-ring (bicyclic) bond motifs is 1. The van der Waals surface area contributed by atoms with Crippen molar-refractivity contribution in [3.63, 3.8) is 0 Å². The highest BCUT2D eigenvalue weighted by molar-refractivity contribution is 7.10. The molecule has 1 amide bonds. The van der Waals surface area contributed by atoms with Gasteiger partial charge in [0.15, 0.2) is 0 Å². The Bertz CT molecular complexity index is 823. The maximum absolute atomic E-state index is 13.0. The Morgan fingerprint density at radius 3 is 2.72 bits per heavy atom. The van der Waals surface area contributed by atoms with Gasteiger partial charge in [-0.1, -0.05) is 36.4 Å². The molecule has 1 atom stereocenters. The second-order valence-corrected chi connectivity index (χ2v) is 8.42. The third kappa shape index (κ3) is 3.55. The summed E-state index contributed by atoms with van der Waals surface area (Å²) in [6, 6.07) is 17.0. The summed E-state index contributed by atoms with van der Waals surface area (Å²) in [6.45, 7) is 0.824. The molecule has 1 aliphatic heterocycles. The van der Waals surface area contributed by atoms with Crippen molar-refractivity contribution in [3.8, 4) is 0 Å². The SMILES string of the molecule is O=C(CCCc1cccs1)N1CCc2sccc2[C@@H]1c1ccccc1. The van der Waals surface area contributed by atoms with E-state index in [2.05, 4.69) is 58.1 Å². The van der Waals surface area contributed by atoms with Crippen LogP contribution in [0.15, 0.2) is 59.3 Å². The van der Waals surface area contributed by atoms with Gasteiger partial charge in [-0.05, 0) is 53.3 Å². The van der Waals surface area contributed by atoms with E-state index in [1.807, 2.05) is 17.4 Å². The average molecular weight is 368 g/mol. The summed E-state index contributed by atoms with van der Waals surface area (Å²) in [5, 5.41) is 4.26. The fraction of sp³-hybridized carbons (Fsp3) is 0.286. The molecular weight excluding hydrogens is 346 g/mol. The van der Waals surface area contributed by atoms with Crippen LogP contribution in [0.4, 0.5) is 0 Å². The van der Waals surface area contributed by atoms with Gasteiger partial charge >= 0.3 is 0 Å². The third-order valence-corrected chi connectivity index (χ3v) is 6.73. The number of rotatable bonds is 5. The van der Waals surface area contributed by atoms with Crippen LogP contribution in [0.25, 0.3) is 0 Å². The first-order valence-corrected chi connectivity index (χ1v) is 10.5. The Kier molecular flexibility index (Phi) is 4.99. The molecule has 0 radical (unpaired) electrons. The molecule has 2 nitrogen and oxygen atoms in total. The number of hydrogen-bond donors (Lipinski definition) is 0. The predicted molar refractivity (Wildman–Crippen MR) is 105 cm³/mol. The molecule has 25 heavy (non-hydrogen) atoms. The van der Waals surface area contributed by atoms with Gasteiger partial charge in [-0.25, -0.2) is 0 Å². The van der Waals surface area contributed by atoms with Gasteiger partial charge in [0, 0.05) is 22.7 Å². The van der Waals surface area contributed by atoms with Crippen LogP contribution in [0.2, 0.25) is 0 Å². The van der Waals surface area contributed by atoms with Crippen molar-refractivity contribution in [2.45, 2.75) is 31.7 Å². The summed E-state index contributed by atoms with van der Waals surface area (Å²) in [6.07, 6.45) is 3.53. The van der Waals surface area contributed by atoms with Gasteiger partial charge in [0.2, 0.25) is 5.91 Å². The van der Waals surface area contributed by atoms with Crippen molar-refractivity contribution in [2.75, 3.05) is 6.54 Å². The van der Waals surface area contributed by atoms with E-state index < -0.39 is 0 Å². The van der Waals surface area contributed by atoms with Crippen LogP contribution in [0.1, 0.15) is 39.8 Å². The molecule has 0 saturated heterocycles. The van der Waals surface area contributed by atoms with Gasteiger partial charge in [0.1, 0.15) is 0 Å². The average Bonchev–Trinajstić information content (AvgIpc) is 3.33. The van der Waals surface area contributed by atoms with Crippen LogP contribution >= 0.6 is 22.7 Å². The number of thiophene rings is 2. The second-order valence-electron chi connectivity index (χ2n) is 6.38. The topological polar surface area (TPSA) is 20.3 Å². The number of nitrogens with zero attached hydrogens (tertiary/aromatic N) is 1. The largest absolute Gasteiger partial charge is 0.331 e. The smallest absolute Gasteiger partial charge is 0.223 e. The van der Waals surface area contributed by atoms with Crippen molar-refractivity contribution in [3.05, 3.63) is 80.2 Å². The highest BCUT2D eigenvalue weighted by Gasteiger charge is 2.32. The number of carbonyl (C=O) groups excluding carboxylic acids is 1. The highest BCUT2D eigenvalue weighted by atomic mass is 32.1. The maximum atomic E-state index is 13.0. The van der Waals surface area contributed by atoms with Gasteiger partial charge in [0.25, 0.3) is 0 Å². The fourth-order valence-corrected chi connectivity index (χ4v) is 5.25. The first-order chi connectivity index (χ1) is 12.3. The molecule has 0 aliphatic carbocycles. The molecule has 0 N–H and O–H groups in total. The predicted octanol–water partition coefficient (Wildman–Crippen LogP) is 5.31. The Balaban J connectivity index is 1.52. The Morgan fingerprint density at radius 1 is 1.04 bits per heavy atom.